The summed E-state index contributed by atoms with van der Waals surface area (Å²) in [6, 6.07) is 14.1. The highest BCUT2D eigenvalue weighted by Gasteiger charge is 2.30. The van der Waals surface area contributed by atoms with Gasteiger partial charge in [0.25, 0.3) is 5.91 Å². The molecule has 0 aliphatic carbocycles. The van der Waals surface area contributed by atoms with E-state index in [0.717, 1.165) is 11.3 Å². The maximum Gasteiger partial charge on any atom is 0.277 e. The van der Waals surface area contributed by atoms with Gasteiger partial charge in [0.2, 0.25) is 0 Å². The number of nitrogens with zero attached hydrogens (tertiary/aromatic N) is 2. The Balaban J connectivity index is 2.13. The summed E-state index contributed by atoms with van der Waals surface area (Å²) in [5.41, 5.74) is 2.64. The lowest BCUT2D eigenvalue weighted by atomic mass is 10.1. The summed E-state index contributed by atoms with van der Waals surface area (Å²) < 4.78 is 0. The molecule has 4 nitrogen and oxygen atoms in total. The van der Waals surface area contributed by atoms with E-state index in [1.54, 1.807) is 30.1 Å². The third kappa shape index (κ3) is 1.87. The largest absolute Gasteiger partial charge is 0.508 e. The molecule has 1 aliphatic heterocycles. The van der Waals surface area contributed by atoms with Crippen molar-refractivity contribution in [3.63, 3.8) is 0 Å². The van der Waals surface area contributed by atoms with Crippen molar-refractivity contribution in [1.29, 1.82) is 0 Å². The molecule has 1 amide bonds. The first kappa shape index (κ1) is 11.5. The van der Waals surface area contributed by atoms with Crippen molar-refractivity contribution >= 4 is 23.0 Å². The van der Waals surface area contributed by atoms with Crippen LogP contribution in [-0.4, -0.2) is 23.8 Å². The number of carbonyl (C=O) groups is 1. The number of aliphatic imine (C=N–C) groups is 1. The fourth-order valence-corrected chi connectivity index (χ4v) is 2.15. The van der Waals surface area contributed by atoms with Crippen LogP contribution in [0.2, 0.25) is 0 Å². The van der Waals surface area contributed by atoms with E-state index in [4.69, 9.17) is 0 Å². The van der Waals surface area contributed by atoms with Gasteiger partial charge < -0.3 is 10.0 Å². The third-order valence-corrected chi connectivity index (χ3v) is 3.10. The summed E-state index contributed by atoms with van der Waals surface area (Å²) in [6.45, 7) is 0. The number of para-hydroxylation sites is 1. The molecule has 3 rings (SSSR count). The number of benzene rings is 2. The standard InChI is InChI=1S/C15H12N2O2/c1-17-13-8-3-2-7-12(13)14(15(17)19)16-10-5-4-6-11(18)9-10/h2-9,18H,1H3. The van der Waals surface area contributed by atoms with E-state index < -0.39 is 0 Å². The minimum Gasteiger partial charge on any atom is -0.508 e. The summed E-state index contributed by atoms with van der Waals surface area (Å²) in [7, 11) is 1.73. The molecule has 2 aromatic carbocycles. The molecule has 2 aromatic rings. The second kappa shape index (κ2) is 4.24. The molecule has 0 atom stereocenters. The van der Waals surface area contributed by atoms with Crippen molar-refractivity contribution in [2.75, 3.05) is 11.9 Å². The zero-order valence-corrected chi connectivity index (χ0v) is 10.4. The summed E-state index contributed by atoms with van der Waals surface area (Å²) in [4.78, 5) is 18.1. The van der Waals surface area contributed by atoms with Crippen molar-refractivity contribution in [3.8, 4) is 5.75 Å². The number of hydrogen-bond donors (Lipinski definition) is 1. The first-order valence-corrected chi connectivity index (χ1v) is 5.92. The number of fused-ring (bicyclic) bond motifs is 1. The number of carbonyl (C=O) groups excluding carboxylic acids is 1. The van der Waals surface area contributed by atoms with Crippen molar-refractivity contribution < 1.29 is 9.90 Å². The monoisotopic (exact) mass is 252 g/mol. The Morgan fingerprint density at radius 2 is 1.89 bits per heavy atom. The lowest BCUT2D eigenvalue weighted by molar-refractivity contribution is -0.111. The van der Waals surface area contributed by atoms with E-state index in [1.165, 1.54) is 6.07 Å². The Bertz CT molecular complexity index is 692. The summed E-state index contributed by atoms with van der Waals surface area (Å²) >= 11 is 0. The average molecular weight is 252 g/mol. The highest BCUT2D eigenvalue weighted by molar-refractivity contribution is 6.54. The van der Waals surface area contributed by atoms with Crippen molar-refractivity contribution in [1.82, 2.24) is 0 Å². The fourth-order valence-electron chi connectivity index (χ4n) is 2.15. The molecule has 19 heavy (non-hydrogen) atoms. The topological polar surface area (TPSA) is 52.9 Å². The van der Waals surface area contributed by atoms with Crippen LogP contribution in [0.25, 0.3) is 0 Å². The van der Waals surface area contributed by atoms with E-state index in [0.29, 0.717) is 11.4 Å². The molecule has 0 radical (unpaired) electrons. The minimum absolute atomic E-state index is 0.133. The van der Waals surface area contributed by atoms with Crippen LogP contribution >= 0.6 is 0 Å². The zero-order valence-electron chi connectivity index (χ0n) is 10.4. The molecule has 0 saturated heterocycles. The van der Waals surface area contributed by atoms with Gasteiger partial charge in [0.1, 0.15) is 11.5 Å². The highest BCUT2D eigenvalue weighted by Crippen LogP contribution is 2.29. The molecule has 4 heteroatoms. The molecule has 1 heterocycles. The third-order valence-electron chi connectivity index (χ3n) is 3.10. The molecule has 0 fully saturated rings. The summed E-state index contributed by atoms with van der Waals surface area (Å²) in [6.07, 6.45) is 0. The molecule has 0 unspecified atom stereocenters. The Kier molecular flexibility index (Phi) is 2.56. The minimum atomic E-state index is -0.135. The lowest BCUT2D eigenvalue weighted by Crippen LogP contribution is -2.25. The first-order valence-electron chi connectivity index (χ1n) is 5.92. The van der Waals surface area contributed by atoms with Gasteiger partial charge in [-0.15, -0.1) is 0 Å². The number of hydrogen-bond acceptors (Lipinski definition) is 3. The van der Waals surface area contributed by atoms with Gasteiger partial charge in [-0.25, -0.2) is 4.99 Å². The SMILES string of the molecule is CN1C(=O)C(=Nc2cccc(O)c2)c2ccccc21. The van der Waals surface area contributed by atoms with Crippen molar-refractivity contribution in [3.05, 3.63) is 54.1 Å². The molecule has 94 valence electrons. The van der Waals surface area contributed by atoms with Gasteiger partial charge in [-0.3, -0.25) is 4.79 Å². The van der Waals surface area contributed by atoms with Crippen molar-refractivity contribution in [2.45, 2.75) is 0 Å². The van der Waals surface area contributed by atoms with Gasteiger partial charge >= 0.3 is 0 Å². The molecule has 1 aliphatic rings. The molecule has 0 aromatic heterocycles. The first-order chi connectivity index (χ1) is 9.16. The molecular weight excluding hydrogens is 240 g/mol. The van der Waals surface area contributed by atoms with E-state index in [9.17, 15) is 9.90 Å². The van der Waals surface area contributed by atoms with Crippen LogP contribution in [0.15, 0.2) is 53.5 Å². The van der Waals surface area contributed by atoms with Gasteiger partial charge in [-0.2, -0.15) is 0 Å². The van der Waals surface area contributed by atoms with Gasteiger partial charge in [-0.05, 0) is 18.2 Å². The summed E-state index contributed by atoms with van der Waals surface area (Å²) in [5, 5.41) is 9.44. The smallest absolute Gasteiger partial charge is 0.277 e. The van der Waals surface area contributed by atoms with Gasteiger partial charge in [0.15, 0.2) is 0 Å². The normalized spacial score (nSPS) is 15.9. The predicted molar refractivity (Wildman–Crippen MR) is 74.2 cm³/mol. The summed E-state index contributed by atoms with van der Waals surface area (Å²) in [5.74, 6) is -0.00141. The quantitative estimate of drug-likeness (QED) is 0.847. The number of anilines is 1. The number of phenols is 1. The molecule has 1 N–H and O–H groups in total. The maximum atomic E-state index is 12.2. The van der Waals surface area contributed by atoms with Crippen LogP contribution in [0.3, 0.4) is 0 Å². The highest BCUT2D eigenvalue weighted by atomic mass is 16.3. The fraction of sp³-hybridized carbons (Fsp3) is 0.0667. The maximum absolute atomic E-state index is 12.2. The van der Waals surface area contributed by atoms with E-state index in [2.05, 4.69) is 4.99 Å². The van der Waals surface area contributed by atoms with E-state index in [-0.39, 0.29) is 11.7 Å². The lowest BCUT2D eigenvalue weighted by Gasteiger charge is -2.07. The van der Waals surface area contributed by atoms with E-state index >= 15 is 0 Å². The Morgan fingerprint density at radius 1 is 1.11 bits per heavy atom. The van der Waals surface area contributed by atoms with Crippen LogP contribution in [0.4, 0.5) is 11.4 Å². The second-order valence-electron chi connectivity index (χ2n) is 4.36. The van der Waals surface area contributed by atoms with Crippen LogP contribution < -0.4 is 4.90 Å². The number of amides is 1. The number of likely N-dealkylation sites (N-methyl/N-ethyl adjacent to an activating group) is 1. The van der Waals surface area contributed by atoms with Crippen LogP contribution in [0.5, 0.6) is 5.75 Å². The molecule has 0 saturated carbocycles. The van der Waals surface area contributed by atoms with Gasteiger partial charge in [0, 0.05) is 18.7 Å². The van der Waals surface area contributed by atoms with Gasteiger partial charge in [0.05, 0.1) is 11.4 Å². The Morgan fingerprint density at radius 3 is 2.68 bits per heavy atom. The van der Waals surface area contributed by atoms with Crippen molar-refractivity contribution in [2.24, 2.45) is 4.99 Å². The van der Waals surface area contributed by atoms with Crippen LogP contribution in [0, 0.1) is 0 Å². The van der Waals surface area contributed by atoms with Crippen LogP contribution in [0.1, 0.15) is 5.56 Å². The zero-order chi connectivity index (χ0) is 13.4. The predicted octanol–water partition coefficient (Wildman–Crippen LogP) is 2.49. The number of rotatable bonds is 1. The Hall–Kier alpha value is -2.62. The second-order valence-corrected chi connectivity index (χ2v) is 4.36. The number of phenolic OH excluding ortho intramolecular Hbond substituents is 1. The molecule has 0 bridgehead atoms. The van der Waals surface area contributed by atoms with Crippen LogP contribution in [-0.2, 0) is 4.79 Å². The molecular formula is C15H12N2O2. The molecule has 0 spiro atoms. The van der Waals surface area contributed by atoms with Gasteiger partial charge in [-0.1, -0.05) is 24.3 Å². The average Bonchev–Trinajstić information content (AvgIpc) is 2.65. The van der Waals surface area contributed by atoms with E-state index in [1.807, 2.05) is 24.3 Å². The number of aromatic hydroxyl groups is 1. The Labute approximate surface area is 110 Å².